The normalized spacial score (nSPS) is 11.7. The van der Waals surface area contributed by atoms with E-state index in [1.807, 2.05) is 35.7 Å². The number of benzene rings is 1. The van der Waals surface area contributed by atoms with Crippen LogP contribution in [0, 0.1) is 0 Å². The minimum atomic E-state index is -0.0935. The summed E-state index contributed by atoms with van der Waals surface area (Å²) in [5.74, 6) is 1.46. The topological polar surface area (TPSA) is 49.8 Å². The fraction of sp³-hybridized carbons (Fsp3) is 0.294. The molecule has 23 heavy (non-hydrogen) atoms. The second-order valence-corrected chi connectivity index (χ2v) is 7.67. The highest BCUT2D eigenvalue weighted by molar-refractivity contribution is 7.17. The molecule has 0 saturated carbocycles. The van der Waals surface area contributed by atoms with Gasteiger partial charge in [-0.05, 0) is 43.8 Å². The summed E-state index contributed by atoms with van der Waals surface area (Å²) in [5.41, 5.74) is 1.89. The van der Waals surface area contributed by atoms with Crippen molar-refractivity contribution in [2.45, 2.75) is 32.9 Å². The summed E-state index contributed by atoms with van der Waals surface area (Å²) in [6.45, 7) is 6.89. The number of anilines is 2. The first-order chi connectivity index (χ1) is 10.9. The monoisotopic (exact) mass is 346 g/mol. The third kappa shape index (κ3) is 3.92. The van der Waals surface area contributed by atoms with Gasteiger partial charge in [0, 0.05) is 17.1 Å². The SMILES string of the molecule is CC(C)(C)Nc1nc(NCc2ccccc2Cl)c2sccc2n1. The minimum absolute atomic E-state index is 0.0935. The minimum Gasteiger partial charge on any atom is -0.365 e. The Bertz CT molecular complexity index is 823. The van der Waals surface area contributed by atoms with Crippen LogP contribution in [0.25, 0.3) is 10.2 Å². The molecule has 0 amide bonds. The molecule has 120 valence electrons. The fourth-order valence-corrected chi connectivity index (χ4v) is 3.19. The summed E-state index contributed by atoms with van der Waals surface area (Å²) in [5, 5.41) is 9.50. The maximum absolute atomic E-state index is 6.22. The molecule has 2 heterocycles. The van der Waals surface area contributed by atoms with Crippen molar-refractivity contribution in [1.82, 2.24) is 9.97 Å². The molecule has 0 radical (unpaired) electrons. The number of hydrogen-bond donors (Lipinski definition) is 2. The highest BCUT2D eigenvalue weighted by atomic mass is 35.5. The summed E-state index contributed by atoms with van der Waals surface area (Å²) in [7, 11) is 0. The van der Waals surface area contributed by atoms with Crippen molar-refractivity contribution in [3.63, 3.8) is 0 Å². The lowest BCUT2D eigenvalue weighted by Gasteiger charge is -2.21. The van der Waals surface area contributed by atoms with Crippen LogP contribution in [0.1, 0.15) is 26.3 Å². The number of aromatic nitrogens is 2. The fourth-order valence-electron chi connectivity index (χ4n) is 2.20. The summed E-state index contributed by atoms with van der Waals surface area (Å²) in [4.78, 5) is 9.21. The van der Waals surface area contributed by atoms with E-state index in [1.165, 1.54) is 0 Å². The van der Waals surface area contributed by atoms with Crippen LogP contribution in [-0.4, -0.2) is 15.5 Å². The van der Waals surface area contributed by atoms with Gasteiger partial charge in [-0.1, -0.05) is 29.8 Å². The molecule has 3 rings (SSSR count). The molecule has 0 bridgehead atoms. The van der Waals surface area contributed by atoms with E-state index < -0.39 is 0 Å². The zero-order valence-electron chi connectivity index (χ0n) is 13.4. The highest BCUT2D eigenvalue weighted by Gasteiger charge is 2.14. The average Bonchev–Trinajstić information content (AvgIpc) is 2.92. The van der Waals surface area contributed by atoms with Gasteiger partial charge in [-0.15, -0.1) is 11.3 Å². The van der Waals surface area contributed by atoms with Crippen LogP contribution in [0.15, 0.2) is 35.7 Å². The second-order valence-electron chi connectivity index (χ2n) is 6.35. The molecular formula is C17H19ClN4S. The lowest BCUT2D eigenvalue weighted by atomic mass is 10.1. The molecule has 0 aliphatic heterocycles. The van der Waals surface area contributed by atoms with E-state index in [-0.39, 0.29) is 5.54 Å². The van der Waals surface area contributed by atoms with Crippen molar-refractivity contribution >= 4 is 44.9 Å². The summed E-state index contributed by atoms with van der Waals surface area (Å²) < 4.78 is 1.05. The number of thiophene rings is 1. The van der Waals surface area contributed by atoms with Gasteiger partial charge in [-0.3, -0.25) is 0 Å². The smallest absolute Gasteiger partial charge is 0.225 e. The number of rotatable bonds is 4. The highest BCUT2D eigenvalue weighted by Crippen LogP contribution is 2.29. The third-order valence-corrected chi connectivity index (χ3v) is 4.47. The van der Waals surface area contributed by atoms with Crippen molar-refractivity contribution in [2.24, 2.45) is 0 Å². The number of halogens is 1. The zero-order chi connectivity index (χ0) is 16.4. The van der Waals surface area contributed by atoms with Gasteiger partial charge in [0.25, 0.3) is 0 Å². The molecule has 2 aromatic heterocycles. The van der Waals surface area contributed by atoms with Crippen molar-refractivity contribution in [3.8, 4) is 0 Å². The van der Waals surface area contributed by atoms with Crippen LogP contribution >= 0.6 is 22.9 Å². The number of nitrogens with one attached hydrogen (secondary N) is 2. The first-order valence-electron chi connectivity index (χ1n) is 7.43. The van der Waals surface area contributed by atoms with Gasteiger partial charge in [-0.25, -0.2) is 4.98 Å². The Balaban J connectivity index is 1.89. The standard InChI is InChI=1S/C17H19ClN4S/c1-17(2,3)22-16-20-13-8-9-23-14(13)15(21-16)19-10-11-6-4-5-7-12(11)18/h4-9H,10H2,1-3H3,(H2,19,20,21,22). The molecular weight excluding hydrogens is 328 g/mol. The zero-order valence-corrected chi connectivity index (χ0v) is 14.9. The maximum atomic E-state index is 6.22. The van der Waals surface area contributed by atoms with Gasteiger partial charge >= 0.3 is 0 Å². The molecule has 0 aliphatic carbocycles. The van der Waals surface area contributed by atoms with Gasteiger partial charge in [-0.2, -0.15) is 4.98 Å². The van der Waals surface area contributed by atoms with Gasteiger partial charge < -0.3 is 10.6 Å². The molecule has 0 spiro atoms. The van der Waals surface area contributed by atoms with Gasteiger partial charge in [0.05, 0.1) is 10.2 Å². The second kappa shape index (κ2) is 6.34. The Labute approximate surface area is 144 Å². The average molecular weight is 347 g/mol. The maximum Gasteiger partial charge on any atom is 0.225 e. The van der Waals surface area contributed by atoms with Gasteiger partial charge in [0.15, 0.2) is 0 Å². The largest absolute Gasteiger partial charge is 0.365 e. The lowest BCUT2D eigenvalue weighted by Crippen LogP contribution is -2.27. The quantitative estimate of drug-likeness (QED) is 0.684. The van der Waals surface area contributed by atoms with Crippen molar-refractivity contribution in [3.05, 3.63) is 46.3 Å². The van der Waals surface area contributed by atoms with E-state index in [0.29, 0.717) is 12.5 Å². The van der Waals surface area contributed by atoms with Crippen LogP contribution in [0.4, 0.5) is 11.8 Å². The summed E-state index contributed by atoms with van der Waals surface area (Å²) in [6, 6.07) is 9.83. The van der Waals surface area contributed by atoms with Crippen LogP contribution in [0.2, 0.25) is 5.02 Å². The van der Waals surface area contributed by atoms with E-state index in [0.717, 1.165) is 26.6 Å². The Morgan fingerprint density at radius 2 is 1.91 bits per heavy atom. The number of nitrogens with zero attached hydrogens (tertiary/aromatic N) is 2. The van der Waals surface area contributed by atoms with E-state index in [9.17, 15) is 0 Å². The molecule has 3 aromatic rings. The predicted octanol–water partition coefficient (Wildman–Crippen LogP) is 5.17. The van der Waals surface area contributed by atoms with Crippen LogP contribution in [0.5, 0.6) is 0 Å². The lowest BCUT2D eigenvalue weighted by molar-refractivity contribution is 0.627. The first kappa shape index (κ1) is 16.0. The summed E-state index contributed by atoms with van der Waals surface area (Å²) >= 11 is 7.86. The van der Waals surface area contributed by atoms with E-state index >= 15 is 0 Å². The molecule has 0 unspecified atom stereocenters. The van der Waals surface area contributed by atoms with E-state index in [1.54, 1.807) is 11.3 Å². The predicted molar refractivity (Wildman–Crippen MR) is 99.6 cm³/mol. The van der Waals surface area contributed by atoms with E-state index in [2.05, 4.69) is 41.4 Å². The Hall–Kier alpha value is -1.85. The van der Waals surface area contributed by atoms with Gasteiger partial charge in [0.1, 0.15) is 5.82 Å². The molecule has 0 saturated heterocycles. The number of fused-ring (bicyclic) bond motifs is 1. The molecule has 1 aromatic carbocycles. The third-order valence-electron chi connectivity index (χ3n) is 3.19. The van der Waals surface area contributed by atoms with Crippen molar-refractivity contribution in [2.75, 3.05) is 10.6 Å². The molecule has 0 atom stereocenters. The van der Waals surface area contributed by atoms with Crippen molar-refractivity contribution in [1.29, 1.82) is 0 Å². The Morgan fingerprint density at radius 1 is 1.13 bits per heavy atom. The van der Waals surface area contributed by atoms with Crippen LogP contribution < -0.4 is 10.6 Å². The van der Waals surface area contributed by atoms with E-state index in [4.69, 9.17) is 11.6 Å². The molecule has 0 aliphatic rings. The molecule has 6 heteroatoms. The number of hydrogen-bond acceptors (Lipinski definition) is 5. The molecule has 4 nitrogen and oxygen atoms in total. The summed E-state index contributed by atoms with van der Waals surface area (Å²) in [6.07, 6.45) is 0. The molecule has 0 fully saturated rings. The first-order valence-corrected chi connectivity index (χ1v) is 8.69. The molecule has 2 N–H and O–H groups in total. The Kier molecular flexibility index (Phi) is 4.41. The van der Waals surface area contributed by atoms with Crippen LogP contribution in [0.3, 0.4) is 0 Å². The van der Waals surface area contributed by atoms with Crippen LogP contribution in [-0.2, 0) is 6.54 Å². The van der Waals surface area contributed by atoms with Crippen molar-refractivity contribution < 1.29 is 0 Å². The van der Waals surface area contributed by atoms with Gasteiger partial charge in [0.2, 0.25) is 5.95 Å². The Morgan fingerprint density at radius 3 is 2.65 bits per heavy atom.